The summed E-state index contributed by atoms with van der Waals surface area (Å²) in [6, 6.07) is 10.5. The average Bonchev–Trinajstić information content (AvgIpc) is 2.46. The fourth-order valence-electron chi connectivity index (χ4n) is 2.36. The monoisotopic (exact) mass is 320 g/mol. The van der Waals surface area contributed by atoms with E-state index in [-0.39, 0.29) is 10.8 Å². The van der Waals surface area contributed by atoms with Crippen molar-refractivity contribution in [3.05, 3.63) is 59.4 Å². The molecule has 0 fully saturated rings. The zero-order valence-electron chi connectivity index (χ0n) is 13.3. The summed E-state index contributed by atoms with van der Waals surface area (Å²) in [5, 5.41) is 0. The van der Waals surface area contributed by atoms with E-state index in [1.54, 1.807) is 6.07 Å². The Hall–Kier alpha value is -1.68. The maximum Gasteiger partial charge on any atom is 0.206 e. The molecule has 22 heavy (non-hydrogen) atoms. The SMILES string of the molecule is CC(C)c1ccc(S(=O)(=O)c2ccc(F)cc2)c(C(C)C)c1. The van der Waals surface area contributed by atoms with Crippen LogP contribution >= 0.6 is 0 Å². The van der Waals surface area contributed by atoms with Gasteiger partial charge in [-0.05, 0) is 53.3 Å². The lowest BCUT2D eigenvalue weighted by Gasteiger charge is -2.16. The molecule has 0 heterocycles. The predicted molar refractivity (Wildman–Crippen MR) is 86.5 cm³/mol. The normalized spacial score (nSPS) is 12.1. The highest BCUT2D eigenvalue weighted by Crippen LogP contribution is 2.31. The van der Waals surface area contributed by atoms with Gasteiger partial charge in [-0.15, -0.1) is 0 Å². The van der Waals surface area contributed by atoms with Crippen LogP contribution in [0.1, 0.15) is 50.7 Å². The van der Waals surface area contributed by atoms with Crippen LogP contribution in [0.2, 0.25) is 0 Å². The van der Waals surface area contributed by atoms with Crippen molar-refractivity contribution < 1.29 is 12.8 Å². The smallest absolute Gasteiger partial charge is 0.206 e. The molecule has 0 saturated carbocycles. The van der Waals surface area contributed by atoms with Gasteiger partial charge in [-0.25, -0.2) is 12.8 Å². The second-order valence-electron chi connectivity index (χ2n) is 6.06. The number of benzene rings is 2. The van der Waals surface area contributed by atoms with Gasteiger partial charge in [0.2, 0.25) is 9.84 Å². The summed E-state index contributed by atoms with van der Waals surface area (Å²) < 4.78 is 38.7. The van der Waals surface area contributed by atoms with Crippen LogP contribution in [0.15, 0.2) is 52.3 Å². The van der Waals surface area contributed by atoms with Gasteiger partial charge in [0.1, 0.15) is 5.82 Å². The topological polar surface area (TPSA) is 34.1 Å². The molecule has 2 aromatic rings. The van der Waals surface area contributed by atoms with Gasteiger partial charge in [0.25, 0.3) is 0 Å². The Kier molecular flexibility index (Phi) is 4.71. The van der Waals surface area contributed by atoms with Crippen molar-refractivity contribution in [1.29, 1.82) is 0 Å². The summed E-state index contributed by atoms with van der Waals surface area (Å²) in [4.78, 5) is 0.423. The maximum atomic E-state index is 13.0. The lowest BCUT2D eigenvalue weighted by molar-refractivity contribution is 0.592. The fourth-order valence-corrected chi connectivity index (χ4v) is 3.96. The van der Waals surface area contributed by atoms with E-state index in [2.05, 4.69) is 13.8 Å². The van der Waals surface area contributed by atoms with Crippen molar-refractivity contribution in [1.82, 2.24) is 0 Å². The van der Waals surface area contributed by atoms with Gasteiger partial charge >= 0.3 is 0 Å². The van der Waals surface area contributed by atoms with Crippen molar-refractivity contribution in [3.8, 4) is 0 Å². The van der Waals surface area contributed by atoms with Crippen molar-refractivity contribution in [3.63, 3.8) is 0 Å². The molecule has 0 amide bonds. The number of rotatable bonds is 4. The Morgan fingerprint density at radius 1 is 0.864 bits per heavy atom. The lowest BCUT2D eigenvalue weighted by atomic mass is 9.96. The molecule has 2 rings (SSSR count). The standard InChI is InChI=1S/C18H21FO2S/c1-12(2)14-5-10-18(17(11-14)13(3)4)22(20,21)16-8-6-15(19)7-9-16/h5-13H,1-4H3. The lowest BCUT2D eigenvalue weighted by Crippen LogP contribution is -2.08. The second kappa shape index (κ2) is 6.21. The van der Waals surface area contributed by atoms with Crippen molar-refractivity contribution in [2.45, 2.75) is 49.3 Å². The molecule has 0 aliphatic rings. The molecule has 2 aromatic carbocycles. The molecule has 4 heteroatoms. The molecule has 0 aliphatic heterocycles. The minimum atomic E-state index is -3.64. The number of halogens is 1. The molecule has 0 atom stereocenters. The Morgan fingerprint density at radius 3 is 1.95 bits per heavy atom. The van der Waals surface area contributed by atoms with Gasteiger partial charge in [0, 0.05) is 0 Å². The van der Waals surface area contributed by atoms with Crippen LogP contribution in [0.5, 0.6) is 0 Å². The third kappa shape index (κ3) is 3.22. The second-order valence-corrected chi connectivity index (χ2v) is 7.98. The molecule has 0 N–H and O–H groups in total. The summed E-state index contributed by atoms with van der Waals surface area (Å²) in [6.07, 6.45) is 0. The molecule has 0 spiro atoms. The highest BCUT2D eigenvalue weighted by atomic mass is 32.2. The van der Waals surface area contributed by atoms with Crippen LogP contribution in [-0.2, 0) is 9.84 Å². The molecule has 0 saturated heterocycles. The van der Waals surface area contributed by atoms with Crippen LogP contribution in [0.3, 0.4) is 0 Å². The average molecular weight is 320 g/mol. The third-order valence-corrected chi connectivity index (χ3v) is 5.58. The molecule has 118 valence electrons. The van der Waals surface area contributed by atoms with E-state index in [0.717, 1.165) is 11.1 Å². The molecule has 2 nitrogen and oxygen atoms in total. The minimum Gasteiger partial charge on any atom is -0.219 e. The first-order valence-electron chi connectivity index (χ1n) is 7.38. The first kappa shape index (κ1) is 16.7. The summed E-state index contributed by atoms with van der Waals surface area (Å²) in [5.41, 5.74) is 1.91. The van der Waals surface area contributed by atoms with E-state index >= 15 is 0 Å². The minimum absolute atomic E-state index is 0.0870. The Labute approximate surface area is 131 Å². The van der Waals surface area contributed by atoms with Gasteiger partial charge < -0.3 is 0 Å². The van der Waals surface area contributed by atoms with Gasteiger partial charge in [-0.2, -0.15) is 0 Å². The Morgan fingerprint density at radius 2 is 1.45 bits per heavy atom. The molecule has 0 bridgehead atoms. The molecule has 0 aromatic heterocycles. The van der Waals surface area contributed by atoms with Crippen LogP contribution in [0.25, 0.3) is 0 Å². The van der Waals surface area contributed by atoms with Crippen molar-refractivity contribution >= 4 is 9.84 Å². The highest BCUT2D eigenvalue weighted by molar-refractivity contribution is 7.91. The summed E-state index contributed by atoms with van der Waals surface area (Å²) in [7, 11) is -3.64. The van der Waals surface area contributed by atoms with Crippen LogP contribution in [-0.4, -0.2) is 8.42 Å². The highest BCUT2D eigenvalue weighted by Gasteiger charge is 2.23. The van der Waals surface area contributed by atoms with E-state index in [4.69, 9.17) is 0 Å². The fraction of sp³-hybridized carbons (Fsp3) is 0.333. The zero-order valence-corrected chi connectivity index (χ0v) is 14.1. The van der Waals surface area contributed by atoms with Crippen LogP contribution in [0.4, 0.5) is 4.39 Å². The molecule has 0 radical (unpaired) electrons. The van der Waals surface area contributed by atoms with Gasteiger partial charge in [0.15, 0.2) is 0 Å². The van der Waals surface area contributed by atoms with Crippen molar-refractivity contribution in [2.24, 2.45) is 0 Å². The third-order valence-electron chi connectivity index (χ3n) is 3.74. The van der Waals surface area contributed by atoms with Gasteiger partial charge in [-0.1, -0.05) is 39.8 Å². The molecule has 0 aliphatic carbocycles. The van der Waals surface area contributed by atoms with Crippen LogP contribution in [0, 0.1) is 5.82 Å². The summed E-state index contributed by atoms with van der Waals surface area (Å²) in [6.45, 7) is 8.10. The van der Waals surface area contributed by atoms with Crippen LogP contribution < -0.4 is 0 Å². The summed E-state index contributed by atoms with van der Waals surface area (Å²) in [5.74, 6) is -0.0258. The number of sulfone groups is 1. The maximum absolute atomic E-state index is 13.0. The van der Waals surface area contributed by atoms with E-state index in [9.17, 15) is 12.8 Å². The van der Waals surface area contributed by atoms with E-state index in [1.807, 2.05) is 26.0 Å². The largest absolute Gasteiger partial charge is 0.219 e. The Bertz CT molecular complexity index is 760. The predicted octanol–water partition coefficient (Wildman–Crippen LogP) is 4.91. The van der Waals surface area contributed by atoms with E-state index < -0.39 is 15.7 Å². The quantitative estimate of drug-likeness (QED) is 0.750. The molecular formula is C18H21FO2S. The first-order chi connectivity index (χ1) is 10.2. The molecular weight excluding hydrogens is 299 g/mol. The number of hydrogen-bond acceptors (Lipinski definition) is 2. The van der Waals surface area contributed by atoms with E-state index in [0.29, 0.717) is 10.8 Å². The van der Waals surface area contributed by atoms with E-state index in [1.165, 1.54) is 24.3 Å². The number of hydrogen-bond donors (Lipinski definition) is 0. The molecule has 0 unspecified atom stereocenters. The van der Waals surface area contributed by atoms with Gasteiger partial charge in [0.05, 0.1) is 9.79 Å². The zero-order chi connectivity index (χ0) is 16.5. The summed E-state index contributed by atoms with van der Waals surface area (Å²) >= 11 is 0. The van der Waals surface area contributed by atoms with Crippen molar-refractivity contribution in [2.75, 3.05) is 0 Å². The first-order valence-corrected chi connectivity index (χ1v) is 8.86. The van der Waals surface area contributed by atoms with Gasteiger partial charge in [-0.3, -0.25) is 0 Å². The Balaban J connectivity index is 2.62.